The lowest BCUT2D eigenvalue weighted by Crippen LogP contribution is -2.19. The number of nitrogens with zero attached hydrogens (tertiary/aromatic N) is 2. The average molecular weight is 192 g/mol. The Hall–Kier alpha value is -1.16. The van der Waals surface area contributed by atoms with Crippen molar-refractivity contribution in [3.8, 4) is 0 Å². The minimum Gasteiger partial charge on any atom is -0.307 e. The second-order valence-corrected chi connectivity index (χ2v) is 4.22. The Morgan fingerprint density at radius 1 is 1.43 bits per heavy atom. The van der Waals surface area contributed by atoms with Crippen molar-refractivity contribution >= 4 is 5.82 Å². The standard InChI is InChI=1S/C10H16N4/c1-6-3-7(2)8-5-10(12-11)14-13-9(8)4-6/h5-7H,3-4,11H2,1-2H3,(H,12,14). The van der Waals surface area contributed by atoms with Gasteiger partial charge in [-0.2, -0.15) is 5.10 Å². The molecule has 4 nitrogen and oxygen atoms in total. The Kier molecular flexibility index (Phi) is 2.37. The molecule has 4 heteroatoms. The van der Waals surface area contributed by atoms with Crippen molar-refractivity contribution in [2.24, 2.45) is 11.8 Å². The molecule has 1 aromatic heterocycles. The fraction of sp³-hybridized carbons (Fsp3) is 0.600. The predicted octanol–water partition coefficient (Wildman–Crippen LogP) is 1.45. The third-order valence-electron chi connectivity index (χ3n) is 2.88. The molecule has 0 aliphatic heterocycles. The zero-order valence-corrected chi connectivity index (χ0v) is 8.62. The second kappa shape index (κ2) is 3.53. The highest BCUT2D eigenvalue weighted by Gasteiger charge is 2.23. The first-order valence-corrected chi connectivity index (χ1v) is 5.03. The van der Waals surface area contributed by atoms with Crippen LogP contribution in [0.4, 0.5) is 5.82 Å². The van der Waals surface area contributed by atoms with Crippen molar-refractivity contribution in [2.45, 2.75) is 32.6 Å². The molecule has 0 saturated carbocycles. The number of nitrogens with one attached hydrogen (secondary N) is 1. The molecule has 1 aliphatic rings. The number of fused-ring (bicyclic) bond motifs is 1. The summed E-state index contributed by atoms with van der Waals surface area (Å²) < 4.78 is 0. The summed E-state index contributed by atoms with van der Waals surface area (Å²) in [6.45, 7) is 4.49. The molecule has 0 fully saturated rings. The Morgan fingerprint density at radius 3 is 2.93 bits per heavy atom. The molecular formula is C10H16N4. The zero-order chi connectivity index (χ0) is 10.1. The summed E-state index contributed by atoms with van der Waals surface area (Å²) in [6.07, 6.45) is 2.26. The molecule has 76 valence electrons. The quantitative estimate of drug-likeness (QED) is 0.522. The molecule has 0 amide bonds. The fourth-order valence-corrected chi connectivity index (χ4v) is 2.23. The second-order valence-electron chi connectivity index (χ2n) is 4.22. The first-order chi connectivity index (χ1) is 6.70. The molecule has 2 rings (SSSR count). The Balaban J connectivity index is 2.39. The fourth-order valence-electron chi connectivity index (χ4n) is 2.23. The van der Waals surface area contributed by atoms with Gasteiger partial charge in [-0.1, -0.05) is 13.8 Å². The van der Waals surface area contributed by atoms with Crippen LogP contribution >= 0.6 is 0 Å². The molecule has 1 aliphatic carbocycles. The molecule has 0 bridgehead atoms. The van der Waals surface area contributed by atoms with E-state index in [1.807, 2.05) is 6.07 Å². The molecule has 1 aromatic rings. The summed E-state index contributed by atoms with van der Waals surface area (Å²) in [5.41, 5.74) is 4.97. The Labute approximate surface area is 83.9 Å². The summed E-state index contributed by atoms with van der Waals surface area (Å²) in [5.74, 6) is 7.24. The van der Waals surface area contributed by atoms with E-state index in [4.69, 9.17) is 5.84 Å². The van der Waals surface area contributed by atoms with Crippen LogP contribution < -0.4 is 11.3 Å². The largest absolute Gasteiger partial charge is 0.307 e. The van der Waals surface area contributed by atoms with Crippen LogP contribution in [-0.4, -0.2) is 10.2 Å². The van der Waals surface area contributed by atoms with Crippen molar-refractivity contribution < 1.29 is 0 Å². The van der Waals surface area contributed by atoms with Crippen LogP contribution in [0.3, 0.4) is 0 Å². The molecular weight excluding hydrogens is 176 g/mol. The lowest BCUT2D eigenvalue weighted by Gasteiger charge is -2.25. The van der Waals surface area contributed by atoms with E-state index in [9.17, 15) is 0 Å². The van der Waals surface area contributed by atoms with E-state index < -0.39 is 0 Å². The minimum absolute atomic E-state index is 0.566. The number of nitrogen functional groups attached to an aromatic ring is 1. The van der Waals surface area contributed by atoms with Crippen LogP contribution in [0.5, 0.6) is 0 Å². The average Bonchev–Trinajstić information content (AvgIpc) is 2.17. The van der Waals surface area contributed by atoms with Gasteiger partial charge in [0.2, 0.25) is 0 Å². The number of aromatic nitrogens is 2. The zero-order valence-electron chi connectivity index (χ0n) is 8.62. The van der Waals surface area contributed by atoms with Gasteiger partial charge in [0, 0.05) is 0 Å². The number of rotatable bonds is 1. The molecule has 0 spiro atoms. The van der Waals surface area contributed by atoms with Crippen molar-refractivity contribution in [2.75, 3.05) is 5.43 Å². The number of nitrogens with two attached hydrogens (primary N) is 1. The van der Waals surface area contributed by atoms with Crippen LogP contribution in [0.25, 0.3) is 0 Å². The number of hydrogen-bond acceptors (Lipinski definition) is 4. The van der Waals surface area contributed by atoms with Gasteiger partial charge in [0.25, 0.3) is 0 Å². The maximum atomic E-state index is 5.30. The van der Waals surface area contributed by atoms with Crippen LogP contribution in [0, 0.1) is 5.92 Å². The van der Waals surface area contributed by atoms with E-state index in [0.717, 1.165) is 12.1 Å². The lowest BCUT2D eigenvalue weighted by molar-refractivity contribution is 0.439. The molecule has 14 heavy (non-hydrogen) atoms. The van der Waals surface area contributed by atoms with E-state index >= 15 is 0 Å². The van der Waals surface area contributed by atoms with E-state index in [2.05, 4.69) is 29.5 Å². The first kappa shape index (κ1) is 9.40. The third kappa shape index (κ3) is 1.57. The number of hydrazine groups is 1. The van der Waals surface area contributed by atoms with Gasteiger partial charge in [-0.3, -0.25) is 0 Å². The SMILES string of the molecule is CC1Cc2nnc(NN)cc2C(C)C1. The van der Waals surface area contributed by atoms with E-state index in [1.165, 1.54) is 12.0 Å². The maximum Gasteiger partial charge on any atom is 0.162 e. The lowest BCUT2D eigenvalue weighted by atomic mass is 9.81. The molecule has 3 N–H and O–H groups in total. The van der Waals surface area contributed by atoms with Crippen LogP contribution in [0.1, 0.15) is 37.4 Å². The van der Waals surface area contributed by atoms with Crippen LogP contribution in [0.2, 0.25) is 0 Å². The van der Waals surface area contributed by atoms with Gasteiger partial charge in [-0.05, 0) is 36.3 Å². The maximum absolute atomic E-state index is 5.30. The van der Waals surface area contributed by atoms with E-state index in [0.29, 0.717) is 17.7 Å². The van der Waals surface area contributed by atoms with Gasteiger partial charge in [0.15, 0.2) is 5.82 Å². The highest BCUT2D eigenvalue weighted by molar-refractivity contribution is 5.39. The van der Waals surface area contributed by atoms with Gasteiger partial charge >= 0.3 is 0 Å². The third-order valence-corrected chi connectivity index (χ3v) is 2.88. The van der Waals surface area contributed by atoms with E-state index in [-0.39, 0.29) is 0 Å². The highest BCUT2D eigenvalue weighted by Crippen LogP contribution is 2.33. The Bertz CT molecular complexity index is 337. The Morgan fingerprint density at radius 2 is 2.21 bits per heavy atom. The molecule has 2 atom stereocenters. The topological polar surface area (TPSA) is 63.8 Å². The predicted molar refractivity (Wildman–Crippen MR) is 55.7 cm³/mol. The van der Waals surface area contributed by atoms with Crippen molar-refractivity contribution in [3.05, 3.63) is 17.3 Å². The summed E-state index contributed by atoms with van der Waals surface area (Å²) in [6, 6.07) is 2.01. The molecule has 2 unspecified atom stereocenters. The minimum atomic E-state index is 0.566. The van der Waals surface area contributed by atoms with Crippen molar-refractivity contribution in [1.29, 1.82) is 0 Å². The summed E-state index contributed by atoms with van der Waals surface area (Å²) >= 11 is 0. The molecule has 0 radical (unpaired) electrons. The van der Waals surface area contributed by atoms with Crippen molar-refractivity contribution in [3.63, 3.8) is 0 Å². The monoisotopic (exact) mass is 192 g/mol. The van der Waals surface area contributed by atoms with Gasteiger partial charge in [-0.25, -0.2) is 5.84 Å². The van der Waals surface area contributed by atoms with Crippen LogP contribution in [-0.2, 0) is 6.42 Å². The van der Waals surface area contributed by atoms with E-state index in [1.54, 1.807) is 0 Å². The first-order valence-electron chi connectivity index (χ1n) is 5.03. The van der Waals surface area contributed by atoms with Gasteiger partial charge in [0.1, 0.15) is 0 Å². The summed E-state index contributed by atoms with van der Waals surface area (Å²) in [5, 5.41) is 8.19. The molecule has 0 saturated heterocycles. The normalized spacial score (nSPS) is 25.6. The summed E-state index contributed by atoms with van der Waals surface area (Å²) in [4.78, 5) is 0. The smallest absolute Gasteiger partial charge is 0.162 e. The van der Waals surface area contributed by atoms with Gasteiger partial charge < -0.3 is 5.43 Å². The van der Waals surface area contributed by atoms with Gasteiger partial charge in [-0.15, -0.1) is 5.10 Å². The molecule has 0 aromatic carbocycles. The summed E-state index contributed by atoms with van der Waals surface area (Å²) in [7, 11) is 0. The number of hydrogen-bond donors (Lipinski definition) is 2. The molecule has 1 heterocycles. The van der Waals surface area contributed by atoms with Crippen LogP contribution in [0.15, 0.2) is 6.07 Å². The van der Waals surface area contributed by atoms with Crippen molar-refractivity contribution in [1.82, 2.24) is 10.2 Å². The van der Waals surface area contributed by atoms with Gasteiger partial charge in [0.05, 0.1) is 5.69 Å². The number of anilines is 1. The highest BCUT2D eigenvalue weighted by atomic mass is 15.3.